The van der Waals surface area contributed by atoms with Crippen LogP contribution in [-0.2, 0) is 9.59 Å². The first-order valence-corrected chi connectivity index (χ1v) is 7.05. The minimum absolute atomic E-state index is 0.0271. The minimum Gasteiger partial charge on any atom is -0.480 e. The number of amides is 1. The van der Waals surface area contributed by atoms with Crippen molar-refractivity contribution in [1.82, 2.24) is 9.80 Å². The summed E-state index contributed by atoms with van der Waals surface area (Å²) in [6.45, 7) is 6.16. The van der Waals surface area contributed by atoms with Gasteiger partial charge < -0.3 is 14.9 Å². The van der Waals surface area contributed by atoms with Gasteiger partial charge in [-0.15, -0.1) is 0 Å². The SMILES string of the molecule is CN1CCC(C(=O)N2CCCC(C)(C)C2C(=O)O)C1. The second-order valence-corrected chi connectivity index (χ2v) is 6.61. The molecule has 2 rings (SSSR count). The molecule has 1 N–H and O–H groups in total. The Morgan fingerprint density at radius 1 is 1.26 bits per heavy atom. The Hall–Kier alpha value is -1.10. The quantitative estimate of drug-likeness (QED) is 0.813. The summed E-state index contributed by atoms with van der Waals surface area (Å²) in [4.78, 5) is 27.9. The van der Waals surface area contributed by atoms with E-state index < -0.39 is 12.0 Å². The van der Waals surface area contributed by atoms with Gasteiger partial charge in [0.1, 0.15) is 6.04 Å². The molecule has 2 fully saturated rings. The lowest BCUT2D eigenvalue weighted by atomic mass is 9.76. The first-order chi connectivity index (χ1) is 8.83. The molecule has 0 aromatic rings. The number of likely N-dealkylation sites (tertiary alicyclic amines) is 2. The van der Waals surface area contributed by atoms with Crippen LogP contribution >= 0.6 is 0 Å². The van der Waals surface area contributed by atoms with Crippen LogP contribution in [-0.4, -0.2) is 59.5 Å². The molecular formula is C14H24N2O3. The van der Waals surface area contributed by atoms with E-state index in [9.17, 15) is 14.7 Å². The number of aliphatic carboxylic acids is 1. The highest BCUT2D eigenvalue weighted by atomic mass is 16.4. The summed E-state index contributed by atoms with van der Waals surface area (Å²) in [5.41, 5.74) is -0.343. The number of hydrogen-bond acceptors (Lipinski definition) is 3. The fourth-order valence-electron chi connectivity index (χ4n) is 3.47. The number of hydrogen-bond donors (Lipinski definition) is 1. The van der Waals surface area contributed by atoms with Gasteiger partial charge in [-0.3, -0.25) is 4.79 Å². The molecule has 5 heteroatoms. The molecule has 5 nitrogen and oxygen atoms in total. The van der Waals surface area contributed by atoms with Gasteiger partial charge in [0.25, 0.3) is 0 Å². The molecule has 1 amide bonds. The van der Waals surface area contributed by atoms with E-state index in [1.165, 1.54) is 0 Å². The van der Waals surface area contributed by atoms with Crippen LogP contribution < -0.4 is 0 Å². The average Bonchev–Trinajstić information content (AvgIpc) is 2.72. The van der Waals surface area contributed by atoms with Crippen molar-refractivity contribution in [3.05, 3.63) is 0 Å². The van der Waals surface area contributed by atoms with Gasteiger partial charge in [-0.2, -0.15) is 0 Å². The van der Waals surface area contributed by atoms with E-state index in [0.29, 0.717) is 6.54 Å². The second-order valence-electron chi connectivity index (χ2n) is 6.61. The zero-order valence-electron chi connectivity index (χ0n) is 12.1. The third-order valence-corrected chi connectivity index (χ3v) is 4.53. The molecule has 2 aliphatic rings. The van der Waals surface area contributed by atoms with Gasteiger partial charge in [-0.1, -0.05) is 13.8 Å². The Balaban J connectivity index is 2.16. The van der Waals surface area contributed by atoms with Crippen molar-refractivity contribution in [2.24, 2.45) is 11.3 Å². The Kier molecular flexibility index (Phi) is 3.85. The fraction of sp³-hybridized carbons (Fsp3) is 0.857. The molecule has 0 radical (unpaired) electrons. The van der Waals surface area contributed by atoms with Crippen LogP contribution in [0.15, 0.2) is 0 Å². The predicted octanol–water partition coefficient (Wildman–Crippen LogP) is 1.04. The van der Waals surface area contributed by atoms with Crippen LogP contribution in [0.4, 0.5) is 0 Å². The Morgan fingerprint density at radius 2 is 1.95 bits per heavy atom. The maximum Gasteiger partial charge on any atom is 0.326 e. The topological polar surface area (TPSA) is 60.9 Å². The largest absolute Gasteiger partial charge is 0.480 e. The van der Waals surface area contributed by atoms with Crippen molar-refractivity contribution in [2.75, 3.05) is 26.7 Å². The van der Waals surface area contributed by atoms with Gasteiger partial charge in [-0.25, -0.2) is 4.79 Å². The number of carboxylic acids is 1. The van der Waals surface area contributed by atoms with Crippen LogP contribution in [0, 0.1) is 11.3 Å². The van der Waals surface area contributed by atoms with Crippen LogP contribution in [0.25, 0.3) is 0 Å². The lowest BCUT2D eigenvalue weighted by Crippen LogP contribution is -2.57. The summed E-state index contributed by atoms with van der Waals surface area (Å²) in [7, 11) is 2.00. The summed E-state index contributed by atoms with van der Waals surface area (Å²) >= 11 is 0. The molecule has 0 aliphatic carbocycles. The number of nitrogens with zero attached hydrogens (tertiary/aromatic N) is 2. The molecule has 2 unspecified atom stereocenters. The lowest BCUT2D eigenvalue weighted by molar-refractivity contribution is -0.160. The summed E-state index contributed by atoms with van der Waals surface area (Å²) in [5.74, 6) is -0.866. The molecule has 0 aromatic heterocycles. The van der Waals surface area contributed by atoms with Gasteiger partial charge >= 0.3 is 5.97 Å². The summed E-state index contributed by atoms with van der Waals surface area (Å²) < 4.78 is 0. The van der Waals surface area contributed by atoms with Crippen LogP contribution in [0.5, 0.6) is 0 Å². The minimum atomic E-state index is -0.871. The van der Waals surface area contributed by atoms with E-state index in [1.54, 1.807) is 4.90 Å². The third kappa shape index (κ3) is 2.76. The lowest BCUT2D eigenvalue weighted by Gasteiger charge is -2.44. The van der Waals surface area contributed by atoms with E-state index in [4.69, 9.17) is 0 Å². The van der Waals surface area contributed by atoms with Crippen molar-refractivity contribution in [3.63, 3.8) is 0 Å². The smallest absolute Gasteiger partial charge is 0.326 e. The van der Waals surface area contributed by atoms with Crippen LogP contribution in [0.1, 0.15) is 33.1 Å². The molecule has 2 saturated heterocycles. The van der Waals surface area contributed by atoms with Gasteiger partial charge in [0.05, 0.1) is 5.92 Å². The van der Waals surface area contributed by atoms with Gasteiger partial charge in [0.15, 0.2) is 0 Å². The van der Waals surface area contributed by atoms with Gasteiger partial charge in [0.2, 0.25) is 5.91 Å². The zero-order chi connectivity index (χ0) is 14.2. The molecule has 2 atom stereocenters. The van der Waals surface area contributed by atoms with Crippen molar-refractivity contribution >= 4 is 11.9 Å². The highest BCUT2D eigenvalue weighted by Gasteiger charge is 2.46. The molecule has 0 spiro atoms. The molecule has 2 heterocycles. The Morgan fingerprint density at radius 3 is 2.47 bits per heavy atom. The van der Waals surface area contributed by atoms with Gasteiger partial charge in [-0.05, 0) is 38.3 Å². The molecule has 19 heavy (non-hydrogen) atoms. The van der Waals surface area contributed by atoms with Crippen molar-refractivity contribution < 1.29 is 14.7 Å². The van der Waals surface area contributed by atoms with E-state index in [-0.39, 0.29) is 17.2 Å². The van der Waals surface area contributed by atoms with E-state index in [2.05, 4.69) is 4.90 Å². The fourth-order valence-corrected chi connectivity index (χ4v) is 3.47. The molecule has 108 valence electrons. The van der Waals surface area contributed by atoms with E-state index in [1.807, 2.05) is 20.9 Å². The van der Waals surface area contributed by atoms with Crippen LogP contribution in [0.2, 0.25) is 0 Å². The molecule has 0 saturated carbocycles. The maximum absolute atomic E-state index is 12.6. The standard InChI is InChI=1S/C14H24N2O3/c1-14(2)6-4-7-16(11(14)13(18)19)12(17)10-5-8-15(3)9-10/h10-11H,4-9H2,1-3H3,(H,18,19). The maximum atomic E-state index is 12.6. The number of carbonyl (C=O) groups excluding carboxylic acids is 1. The van der Waals surface area contributed by atoms with Crippen molar-refractivity contribution in [1.29, 1.82) is 0 Å². The van der Waals surface area contributed by atoms with Crippen LogP contribution in [0.3, 0.4) is 0 Å². The third-order valence-electron chi connectivity index (χ3n) is 4.53. The number of carboxylic acid groups (broad SMARTS) is 1. The summed E-state index contributed by atoms with van der Waals surface area (Å²) in [5, 5.41) is 9.48. The highest BCUT2D eigenvalue weighted by molar-refractivity contribution is 5.86. The monoisotopic (exact) mass is 268 g/mol. The highest BCUT2D eigenvalue weighted by Crippen LogP contribution is 2.36. The summed E-state index contributed by atoms with van der Waals surface area (Å²) in [6, 6.07) is -0.681. The first-order valence-electron chi connectivity index (χ1n) is 7.05. The average molecular weight is 268 g/mol. The molecular weight excluding hydrogens is 244 g/mol. The number of rotatable bonds is 2. The Bertz CT molecular complexity index is 381. The number of carbonyl (C=O) groups is 2. The van der Waals surface area contributed by atoms with E-state index in [0.717, 1.165) is 32.4 Å². The van der Waals surface area contributed by atoms with E-state index >= 15 is 0 Å². The predicted molar refractivity (Wildman–Crippen MR) is 71.8 cm³/mol. The first kappa shape index (κ1) is 14.3. The van der Waals surface area contributed by atoms with Crippen molar-refractivity contribution in [2.45, 2.75) is 39.2 Å². The van der Waals surface area contributed by atoms with Gasteiger partial charge in [0, 0.05) is 13.1 Å². The Labute approximate surface area is 114 Å². The molecule has 2 aliphatic heterocycles. The molecule has 0 aromatic carbocycles. The van der Waals surface area contributed by atoms with Crippen molar-refractivity contribution in [3.8, 4) is 0 Å². The normalized spacial score (nSPS) is 31.4. The molecule has 0 bridgehead atoms. The number of piperidine rings is 1. The zero-order valence-corrected chi connectivity index (χ0v) is 12.1. The summed E-state index contributed by atoms with van der Waals surface area (Å²) in [6.07, 6.45) is 2.60. The second kappa shape index (κ2) is 5.12.